The number of benzene rings is 2. The van der Waals surface area contributed by atoms with Crippen LogP contribution >= 0.6 is 0 Å². The van der Waals surface area contributed by atoms with Crippen molar-refractivity contribution in [2.45, 2.75) is 19.6 Å². The first-order valence-corrected chi connectivity index (χ1v) is 9.80. The average molecular weight is 378 g/mol. The number of sulfonamides is 1. The summed E-state index contributed by atoms with van der Waals surface area (Å²) in [6, 6.07) is 12.6. The molecule has 0 bridgehead atoms. The summed E-state index contributed by atoms with van der Waals surface area (Å²) in [5, 5.41) is 2.66. The zero-order valence-electron chi connectivity index (χ0n) is 14.2. The molecular formula is C18H19FN2O4S. The molecule has 2 aromatic carbocycles. The van der Waals surface area contributed by atoms with Crippen LogP contribution in [0.25, 0.3) is 0 Å². The molecule has 0 radical (unpaired) electrons. The third-order valence-corrected chi connectivity index (χ3v) is 5.83. The Morgan fingerprint density at radius 1 is 1.27 bits per heavy atom. The molecule has 1 amide bonds. The number of para-hydroxylation sites is 2. The van der Waals surface area contributed by atoms with E-state index in [-0.39, 0.29) is 24.7 Å². The fraction of sp³-hybridized carbons (Fsp3) is 0.278. The van der Waals surface area contributed by atoms with Crippen molar-refractivity contribution in [2.75, 3.05) is 16.6 Å². The topological polar surface area (TPSA) is 75.7 Å². The summed E-state index contributed by atoms with van der Waals surface area (Å²) in [5.41, 5.74) is 1.02. The number of carbonyl (C=O) groups is 1. The molecule has 26 heavy (non-hydrogen) atoms. The second kappa shape index (κ2) is 7.33. The number of carbonyl (C=O) groups excluding carboxylic acids is 1. The van der Waals surface area contributed by atoms with E-state index in [0.717, 1.165) is 0 Å². The van der Waals surface area contributed by atoms with E-state index in [2.05, 4.69) is 5.32 Å². The van der Waals surface area contributed by atoms with Crippen LogP contribution in [0.1, 0.15) is 12.5 Å². The molecule has 3 rings (SSSR count). The predicted molar refractivity (Wildman–Crippen MR) is 95.9 cm³/mol. The Morgan fingerprint density at radius 2 is 2.04 bits per heavy atom. The summed E-state index contributed by atoms with van der Waals surface area (Å²) in [5.74, 6) is -0.597. The summed E-state index contributed by atoms with van der Waals surface area (Å²) >= 11 is 0. The number of amides is 1. The molecule has 0 spiro atoms. The Hall–Kier alpha value is -2.61. The smallest absolute Gasteiger partial charge is 0.263 e. The van der Waals surface area contributed by atoms with Gasteiger partial charge in [0.05, 0.1) is 18.0 Å². The van der Waals surface area contributed by atoms with Gasteiger partial charge < -0.3 is 10.1 Å². The van der Waals surface area contributed by atoms with Gasteiger partial charge in [0, 0.05) is 6.54 Å². The van der Waals surface area contributed by atoms with Gasteiger partial charge in [0.2, 0.25) is 10.0 Å². The number of rotatable bonds is 5. The highest BCUT2D eigenvalue weighted by Gasteiger charge is 2.35. The highest BCUT2D eigenvalue weighted by atomic mass is 32.2. The fourth-order valence-electron chi connectivity index (χ4n) is 2.71. The molecule has 1 heterocycles. The van der Waals surface area contributed by atoms with Crippen molar-refractivity contribution in [3.8, 4) is 5.75 Å². The van der Waals surface area contributed by atoms with Crippen LogP contribution in [0.3, 0.4) is 0 Å². The van der Waals surface area contributed by atoms with Crippen LogP contribution in [0.5, 0.6) is 5.75 Å². The van der Waals surface area contributed by atoms with E-state index in [1.165, 1.54) is 16.4 Å². The Balaban J connectivity index is 1.77. The van der Waals surface area contributed by atoms with Crippen LogP contribution in [0.15, 0.2) is 48.5 Å². The van der Waals surface area contributed by atoms with Crippen molar-refractivity contribution < 1.29 is 22.3 Å². The predicted octanol–water partition coefficient (Wildman–Crippen LogP) is 2.06. The molecule has 1 aliphatic rings. The SMILES string of the molecule is CCS(=O)(=O)N1CC(C(=O)NCc2cccc(F)c2)Oc2ccccc21. The van der Waals surface area contributed by atoms with Gasteiger partial charge in [-0.15, -0.1) is 0 Å². The highest BCUT2D eigenvalue weighted by molar-refractivity contribution is 7.92. The lowest BCUT2D eigenvalue weighted by atomic mass is 10.2. The lowest BCUT2D eigenvalue weighted by Crippen LogP contribution is -2.50. The molecule has 8 heteroatoms. The van der Waals surface area contributed by atoms with Gasteiger partial charge >= 0.3 is 0 Å². The molecule has 0 fully saturated rings. The van der Waals surface area contributed by atoms with E-state index in [1.54, 1.807) is 43.3 Å². The molecule has 1 N–H and O–H groups in total. The van der Waals surface area contributed by atoms with E-state index in [1.807, 2.05) is 0 Å². The van der Waals surface area contributed by atoms with Crippen LogP contribution in [0.4, 0.5) is 10.1 Å². The first kappa shape index (κ1) is 18.2. The fourth-order valence-corrected chi connectivity index (χ4v) is 3.83. The molecule has 0 saturated heterocycles. The number of nitrogens with zero attached hydrogens (tertiary/aromatic N) is 1. The molecule has 2 aromatic rings. The van der Waals surface area contributed by atoms with Crippen molar-refractivity contribution in [3.05, 3.63) is 59.9 Å². The first-order valence-electron chi connectivity index (χ1n) is 8.19. The largest absolute Gasteiger partial charge is 0.476 e. The number of anilines is 1. The zero-order valence-corrected chi connectivity index (χ0v) is 15.0. The maximum atomic E-state index is 13.2. The van der Waals surface area contributed by atoms with E-state index in [0.29, 0.717) is 17.0 Å². The van der Waals surface area contributed by atoms with Gasteiger partial charge in [0.1, 0.15) is 11.6 Å². The van der Waals surface area contributed by atoms with Crippen molar-refractivity contribution in [3.63, 3.8) is 0 Å². The van der Waals surface area contributed by atoms with Crippen molar-refractivity contribution in [2.24, 2.45) is 0 Å². The Morgan fingerprint density at radius 3 is 2.77 bits per heavy atom. The van der Waals surface area contributed by atoms with Crippen molar-refractivity contribution in [1.82, 2.24) is 5.32 Å². The average Bonchev–Trinajstić information content (AvgIpc) is 2.65. The van der Waals surface area contributed by atoms with Gasteiger partial charge in [0.15, 0.2) is 6.10 Å². The van der Waals surface area contributed by atoms with Gasteiger partial charge in [-0.25, -0.2) is 12.8 Å². The highest BCUT2D eigenvalue weighted by Crippen LogP contribution is 2.35. The number of ether oxygens (including phenoxy) is 1. The molecule has 1 unspecified atom stereocenters. The minimum Gasteiger partial charge on any atom is -0.476 e. The second-order valence-electron chi connectivity index (χ2n) is 5.85. The molecule has 138 valence electrons. The number of hydrogen-bond donors (Lipinski definition) is 1. The summed E-state index contributed by atoms with van der Waals surface area (Å²) in [6.45, 7) is 1.56. The Labute approximate surface area is 151 Å². The van der Waals surface area contributed by atoms with Crippen LogP contribution in [0, 0.1) is 5.82 Å². The first-order chi connectivity index (χ1) is 12.4. The lowest BCUT2D eigenvalue weighted by Gasteiger charge is -2.34. The van der Waals surface area contributed by atoms with Gasteiger partial charge in [-0.2, -0.15) is 0 Å². The Kier molecular flexibility index (Phi) is 5.13. The van der Waals surface area contributed by atoms with Crippen molar-refractivity contribution >= 4 is 21.6 Å². The third-order valence-electron chi connectivity index (χ3n) is 4.08. The third kappa shape index (κ3) is 3.80. The molecule has 1 atom stereocenters. The zero-order chi connectivity index (χ0) is 18.7. The molecule has 0 aliphatic carbocycles. The Bertz CT molecular complexity index is 917. The van der Waals surface area contributed by atoms with Crippen LogP contribution in [-0.2, 0) is 21.4 Å². The monoisotopic (exact) mass is 378 g/mol. The maximum Gasteiger partial charge on any atom is 0.263 e. The normalized spacial score (nSPS) is 16.5. The van der Waals surface area contributed by atoms with Crippen molar-refractivity contribution in [1.29, 1.82) is 0 Å². The molecular weight excluding hydrogens is 359 g/mol. The van der Waals surface area contributed by atoms with E-state index < -0.39 is 22.0 Å². The van der Waals surface area contributed by atoms with Gasteiger partial charge in [-0.05, 0) is 36.8 Å². The van der Waals surface area contributed by atoms with Crippen LogP contribution in [0.2, 0.25) is 0 Å². The van der Waals surface area contributed by atoms with Gasteiger partial charge in [-0.3, -0.25) is 9.10 Å². The standard InChI is InChI=1S/C18H19FN2O4S/c1-2-26(23,24)21-12-17(25-16-9-4-3-8-15(16)21)18(22)20-11-13-6-5-7-14(19)10-13/h3-10,17H,2,11-12H2,1H3,(H,20,22). The maximum absolute atomic E-state index is 13.2. The quantitative estimate of drug-likeness (QED) is 0.864. The number of hydrogen-bond acceptors (Lipinski definition) is 4. The summed E-state index contributed by atoms with van der Waals surface area (Å²) in [7, 11) is -3.55. The minimum absolute atomic E-state index is 0.0844. The van der Waals surface area contributed by atoms with Gasteiger partial charge in [-0.1, -0.05) is 24.3 Å². The number of nitrogens with one attached hydrogen (secondary N) is 1. The summed E-state index contributed by atoms with van der Waals surface area (Å²) < 4.78 is 44.9. The van der Waals surface area contributed by atoms with Crippen LogP contribution < -0.4 is 14.4 Å². The molecule has 0 aromatic heterocycles. The van der Waals surface area contributed by atoms with E-state index in [4.69, 9.17) is 4.74 Å². The summed E-state index contributed by atoms with van der Waals surface area (Å²) in [6.07, 6.45) is -0.986. The number of fused-ring (bicyclic) bond motifs is 1. The van der Waals surface area contributed by atoms with Crippen LogP contribution in [-0.4, -0.2) is 32.7 Å². The molecule has 6 nitrogen and oxygen atoms in total. The minimum atomic E-state index is -3.55. The molecule has 0 saturated carbocycles. The van der Waals surface area contributed by atoms with Gasteiger partial charge in [0.25, 0.3) is 5.91 Å². The lowest BCUT2D eigenvalue weighted by molar-refractivity contribution is -0.127. The number of halogens is 1. The van der Waals surface area contributed by atoms with E-state index in [9.17, 15) is 17.6 Å². The summed E-state index contributed by atoms with van der Waals surface area (Å²) in [4.78, 5) is 12.5. The second-order valence-corrected chi connectivity index (χ2v) is 8.04. The molecule has 1 aliphatic heterocycles. The van der Waals surface area contributed by atoms with E-state index >= 15 is 0 Å².